The minimum Gasteiger partial charge on any atom is -0.494 e. The molecule has 0 atom stereocenters. The van der Waals surface area contributed by atoms with Crippen LogP contribution in [0.25, 0.3) is 0 Å². The Bertz CT molecular complexity index is 1060. The predicted molar refractivity (Wildman–Crippen MR) is 129 cm³/mol. The highest BCUT2D eigenvalue weighted by Gasteiger charge is 2.27. The first-order valence-corrected chi connectivity index (χ1v) is 12.8. The van der Waals surface area contributed by atoms with Crippen LogP contribution in [0.5, 0.6) is 5.75 Å². The number of aryl methyl sites for hydroxylation is 1. The molecule has 2 N–H and O–H groups in total. The van der Waals surface area contributed by atoms with Crippen molar-refractivity contribution in [1.82, 2.24) is 4.90 Å². The second-order valence-electron chi connectivity index (χ2n) is 8.05. The Morgan fingerprint density at radius 3 is 2.42 bits per heavy atom. The number of likely N-dealkylation sites (tertiary alicyclic amines) is 1. The molecule has 3 rings (SSSR count). The predicted octanol–water partition coefficient (Wildman–Crippen LogP) is 3.27. The molecule has 1 aliphatic heterocycles. The Morgan fingerprint density at radius 2 is 1.79 bits per heavy atom. The Balaban J connectivity index is 1.51. The summed E-state index contributed by atoms with van der Waals surface area (Å²) in [6, 6.07) is 14.7. The van der Waals surface area contributed by atoms with E-state index in [1.54, 1.807) is 25.1 Å². The summed E-state index contributed by atoms with van der Waals surface area (Å²) in [6.07, 6.45) is 2.39. The maximum Gasteiger partial charge on any atom is 0.232 e. The Kier molecular flexibility index (Phi) is 8.32. The van der Waals surface area contributed by atoms with Gasteiger partial charge in [0.2, 0.25) is 21.8 Å². The van der Waals surface area contributed by atoms with Crippen molar-refractivity contribution in [2.45, 2.75) is 32.6 Å². The zero-order valence-electron chi connectivity index (χ0n) is 19.0. The van der Waals surface area contributed by atoms with Gasteiger partial charge in [0.05, 0.1) is 18.6 Å². The molecule has 178 valence electrons. The highest BCUT2D eigenvalue weighted by molar-refractivity contribution is 7.92. The number of rotatable bonds is 9. The molecular weight excluding hydrogens is 442 g/mol. The van der Waals surface area contributed by atoms with Crippen molar-refractivity contribution in [2.75, 3.05) is 36.0 Å². The van der Waals surface area contributed by atoms with Gasteiger partial charge in [-0.25, -0.2) is 8.42 Å². The lowest BCUT2D eigenvalue weighted by atomic mass is 9.95. The summed E-state index contributed by atoms with van der Waals surface area (Å²) in [6.45, 7) is 2.67. The third-order valence-electron chi connectivity index (χ3n) is 5.80. The maximum absolute atomic E-state index is 12.7. The highest BCUT2D eigenvalue weighted by Crippen LogP contribution is 2.29. The first-order valence-electron chi connectivity index (χ1n) is 11.1. The summed E-state index contributed by atoms with van der Waals surface area (Å²) in [5, 5.41) is 2.88. The summed E-state index contributed by atoms with van der Waals surface area (Å²) in [5.74, 6) is 0.0845. The van der Waals surface area contributed by atoms with Crippen LogP contribution in [0.4, 0.5) is 11.4 Å². The molecule has 0 spiro atoms. The molecule has 0 unspecified atom stereocenters. The number of piperidine rings is 1. The molecule has 0 aliphatic carbocycles. The fraction of sp³-hybridized carbons (Fsp3) is 0.417. The summed E-state index contributed by atoms with van der Waals surface area (Å²) in [7, 11) is -2.00. The molecule has 1 saturated heterocycles. The second kappa shape index (κ2) is 11.2. The van der Waals surface area contributed by atoms with E-state index >= 15 is 0 Å². The van der Waals surface area contributed by atoms with Crippen molar-refractivity contribution in [3.63, 3.8) is 0 Å². The Morgan fingerprint density at radius 1 is 1.09 bits per heavy atom. The van der Waals surface area contributed by atoms with Crippen LogP contribution in [0.15, 0.2) is 48.5 Å². The minimum atomic E-state index is -3.44. The normalized spacial score (nSPS) is 14.5. The number of nitrogens with zero attached hydrogens (tertiary/aromatic N) is 1. The van der Waals surface area contributed by atoms with E-state index in [0.717, 1.165) is 5.56 Å². The van der Waals surface area contributed by atoms with Gasteiger partial charge in [-0.15, -0.1) is 0 Å². The third kappa shape index (κ3) is 6.95. The van der Waals surface area contributed by atoms with Crippen molar-refractivity contribution < 1.29 is 22.7 Å². The van der Waals surface area contributed by atoms with Crippen LogP contribution in [0, 0.1) is 5.92 Å². The van der Waals surface area contributed by atoms with Crippen molar-refractivity contribution >= 4 is 33.2 Å². The average molecular weight is 474 g/mol. The van der Waals surface area contributed by atoms with Crippen LogP contribution < -0.4 is 14.8 Å². The molecule has 0 bridgehead atoms. The van der Waals surface area contributed by atoms with E-state index in [2.05, 4.69) is 10.0 Å². The lowest BCUT2D eigenvalue weighted by Gasteiger charge is -2.31. The van der Waals surface area contributed by atoms with Crippen molar-refractivity contribution in [3.05, 3.63) is 54.1 Å². The van der Waals surface area contributed by atoms with Gasteiger partial charge in [0, 0.05) is 37.2 Å². The number of ether oxygens (including phenoxy) is 1. The number of carbonyl (C=O) groups excluding carboxylic acids is 2. The molecule has 0 aromatic heterocycles. The van der Waals surface area contributed by atoms with Gasteiger partial charge in [0.25, 0.3) is 0 Å². The zero-order valence-corrected chi connectivity index (χ0v) is 19.9. The SMILES string of the molecule is CCS(=O)(=O)Nc1ccc(NC(=O)C2CCN(C(=O)CCc3ccccc3)CC2)cc1OC. The van der Waals surface area contributed by atoms with E-state index < -0.39 is 10.0 Å². The van der Waals surface area contributed by atoms with Gasteiger partial charge < -0.3 is 15.0 Å². The standard InChI is InChI=1S/C24H31N3O5S/c1-3-33(30,31)26-21-11-10-20(17-22(21)32-2)25-24(29)19-13-15-27(16-14-19)23(28)12-9-18-7-5-4-6-8-18/h4-8,10-11,17,19,26H,3,9,12-16H2,1-2H3,(H,25,29). The number of carbonyl (C=O) groups is 2. The second-order valence-corrected chi connectivity index (χ2v) is 10.1. The first kappa shape index (κ1) is 24.6. The summed E-state index contributed by atoms with van der Waals surface area (Å²) in [5.41, 5.74) is 1.99. The van der Waals surface area contributed by atoms with Crippen LogP contribution in [0.2, 0.25) is 0 Å². The van der Waals surface area contributed by atoms with E-state index in [0.29, 0.717) is 55.9 Å². The van der Waals surface area contributed by atoms with Crippen LogP contribution >= 0.6 is 0 Å². The molecule has 0 radical (unpaired) electrons. The molecule has 9 heteroatoms. The third-order valence-corrected chi connectivity index (χ3v) is 7.09. The zero-order chi connectivity index (χ0) is 23.8. The van der Waals surface area contributed by atoms with Crippen LogP contribution in [-0.2, 0) is 26.0 Å². The molecule has 1 aliphatic rings. The fourth-order valence-corrected chi connectivity index (χ4v) is 4.43. The number of benzene rings is 2. The topological polar surface area (TPSA) is 105 Å². The summed E-state index contributed by atoms with van der Waals surface area (Å²) >= 11 is 0. The van der Waals surface area contributed by atoms with Gasteiger partial charge in [-0.2, -0.15) is 0 Å². The molecule has 2 aromatic carbocycles. The Labute approximate surface area is 195 Å². The van der Waals surface area contributed by atoms with Gasteiger partial charge >= 0.3 is 0 Å². The molecule has 2 amide bonds. The average Bonchev–Trinajstić information content (AvgIpc) is 2.84. The van der Waals surface area contributed by atoms with Gasteiger partial charge in [-0.05, 0) is 43.9 Å². The van der Waals surface area contributed by atoms with Crippen LogP contribution in [-0.4, -0.2) is 51.1 Å². The number of nitrogens with one attached hydrogen (secondary N) is 2. The molecule has 1 heterocycles. The molecule has 0 saturated carbocycles. The van der Waals surface area contributed by atoms with Crippen molar-refractivity contribution in [3.8, 4) is 5.75 Å². The molecule has 2 aromatic rings. The fourth-order valence-electron chi connectivity index (χ4n) is 3.78. The van der Waals surface area contributed by atoms with E-state index in [1.165, 1.54) is 7.11 Å². The number of anilines is 2. The van der Waals surface area contributed by atoms with Crippen molar-refractivity contribution in [2.24, 2.45) is 5.92 Å². The molecule has 1 fully saturated rings. The summed E-state index contributed by atoms with van der Waals surface area (Å²) in [4.78, 5) is 27.1. The largest absolute Gasteiger partial charge is 0.494 e. The number of methoxy groups -OCH3 is 1. The van der Waals surface area contributed by atoms with Crippen molar-refractivity contribution in [1.29, 1.82) is 0 Å². The van der Waals surface area contributed by atoms with Crippen LogP contribution in [0.3, 0.4) is 0 Å². The smallest absolute Gasteiger partial charge is 0.232 e. The van der Waals surface area contributed by atoms with Gasteiger partial charge in [-0.1, -0.05) is 30.3 Å². The summed E-state index contributed by atoms with van der Waals surface area (Å²) < 4.78 is 31.4. The monoisotopic (exact) mass is 473 g/mol. The first-order chi connectivity index (χ1) is 15.8. The van der Waals surface area contributed by atoms with E-state index in [-0.39, 0.29) is 23.5 Å². The van der Waals surface area contributed by atoms with E-state index in [4.69, 9.17) is 4.74 Å². The molecular formula is C24H31N3O5S. The van der Waals surface area contributed by atoms with E-state index in [9.17, 15) is 18.0 Å². The number of hydrogen-bond acceptors (Lipinski definition) is 5. The van der Waals surface area contributed by atoms with E-state index in [1.807, 2.05) is 35.2 Å². The van der Waals surface area contributed by atoms with Gasteiger partial charge in [0.15, 0.2) is 0 Å². The maximum atomic E-state index is 12.7. The van der Waals surface area contributed by atoms with Gasteiger partial charge in [0.1, 0.15) is 5.75 Å². The number of hydrogen-bond donors (Lipinski definition) is 2. The van der Waals surface area contributed by atoms with Crippen LogP contribution in [0.1, 0.15) is 31.7 Å². The molecule has 8 nitrogen and oxygen atoms in total. The lowest BCUT2D eigenvalue weighted by Crippen LogP contribution is -2.41. The van der Waals surface area contributed by atoms with Gasteiger partial charge in [-0.3, -0.25) is 14.3 Å². The molecule has 33 heavy (non-hydrogen) atoms. The number of amides is 2. The Hall–Kier alpha value is -3.07. The highest BCUT2D eigenvalue weighted by atomic mass is 32.2. The lowest BCUT2D eigenvalue weighted by molar-refractivity contribution is -0.134. The quantitative estimate of drug-likeness (QED) is 0.582. The minimum absolute atomic E-state index is 0.0535. The number of sulfonamides is 1.